The molecular weight excluding hydrogens is 303 g/mol. The van der Waals surface area contributed by atoms with Crippen LogP contribution in [-0.4, -0.2) is 22.6 Å². The molecule has 0 radical (unpaired) electrons. The smallest absolute Gasteiger partial charge is 0.329 e. The van der Waals surface area contributed by atoms with Gasteiger partial charge < -0.3 is 15.7 Å². The molecule has 1 aromatic rings. The number of anilines is 1. The molecule has 0 aliphatic heterocycles. The van der Waals surface area contributed by atoms with Crippen LogP contribution in [0.15, 0.2) is 18.2 Å². The lowest BCUT2D eigenvalue weighted by atomic mass is 9.96. The summed E-state index contributed by atoms with van der Waals surface area (Å²) in [6, 6.07) is 4.03. The van der Waals surface area contributed by atoms with Crippen molar-refractivity contribution in [1.29, 1.82) is 0 Å². The lowest BCUT2D eigenvalue weighted by Gasteiger charge is -2.26. The molecule has 0 heterocycles. The summed E-state index contributed by atoms with van der Waals surface area (Å²) in [5, 5.41) is 15.0. The third-order valence-corrected chi connectivity index (χ3v) is 3.95. The van der Waals surface area contributed by atoms with Crippen LogP contribution >= 0.6 is 23.2 Å². The van der Waals surface area contributed by atoms with Gasteiger partial charge in [0.05, 0.1) is 10.7 Å². The first kappa shape index (κ1) is 14.9. The highest BCUT2D eigenvalue weighted by molar-refractivity contribution is 6.35. The molecule has 0 spiro atoms. The third kappa shape index (κ3) is 3.16. The molecule has 0 aromatic heterocycles. The predicted molar refractivity (Wildman–Crippen MR) is 77.4 cm³/mol. The lowest BCUT2D eigenvalue weighted by Crippen LogP contribution is -2.55. The number of carbonyl (C=O) groups is 2. The fourth-order valence-electron chi connectivity index (χ4n) is 1.97. The quantitative estimate of drug-likeness (QED) is 0.796. The Labute approximate surface area is 126 Å². The van der Waals surface area contributed by atoms with Gasteiger partial charge in [-0.15, -0.1) is 0 Å². The highest BCUT2D eigenvalue weighted by Gasteiger charge is 2.48. The number of benzene rings is 1. The van der Waals surface area contributed by atoms with Crippen molar-refractivity contribution in [3.05, 3.63) is 28.2 Å². The summed E-state index contributed by atoms with van der Waals surface area (Å²) in [4.78, 5) is 23.3. The Kier molecular flexibility index (Phi) is 4.11. The van der Waals surface area contributed by atoms with E-state index in [1.54, 1.807) is 12.1 Å². The second kappa shape index (κ2) is 5.50. The number of carbonyl (C=O) groups excluding carboxylic acids is 1. The molecule has 7 heteroatoms. The van der Waals surface area contributed by atoms with Gasteiger partial charge in [0, 0.05) is 5.02 Å². The van der Waals surface area contributed by atoms with Gasteiger partial charge in [-0.05, 0) is 43.9 Å². The first-order valence-corrected chi connectivity index (χ1v) is 6.86. The summed E-state index contributed by atoms with van der Waals surface area (Å²) < 4.78 is 0. The van der Waals surface area contributed by atoms with Crippen molar-refractivity contribution < 1.29 is 14.7 Å². The Morgan fingerprint density at radius 1 is 1.35 bits per heavy atom. The first-order chi connectivity index (χ1) is 9.33. The number of carboxylic acids is 1. The summed E-state index contributed by atoms with van der Waals surface area (Å²) >= 11 is 11.8. The van der Waals surface area contributed by atoms with Crippen molar-refractivity contribution in [3.8, 4) is 0 Å². The van der Waals surface area contributed by atoms with Crippen molar-refractivity contribution >= 4 is 40.9 Å². The second-order valence-corrected chi connectivity index (χ2v) is 5.83. The molecule has 0 saturated heterocycles. The minimum atomic E-state index is -1.27. The molecule has 1 aliphatic rings. The van der Waals surface area contributed by atoms with Crippen LogP contribution in [0, 0.1) is 5.92 Å². The van der Waals surface area contributed by atoms with E-state index < -0.39 is 17.5 Å². The molecule has 2 amide bonds. The van der Waals surface area contributed by atoms with Crippen LogP contribution in [0.4, 0.5) is 10.5 Å². The Bertz CT molecular complexity index is 561. The van der Waals surface area contributed by atoms with Crippen molar-refractivity contribution in [2.24, 2.45) is 5.92 Å². The van der Waals surface area contributed by atoms with E-state index >= 15 is 0 Å². The highest BCUT2D eigenvalue weighted by Crippen LogP contribution is 2.39. The van der Waals surface area contributed by atoms with Crippen molar-refractivity contribution in [1.82, 2.24) is 5.32 Å². The van der Waals surface area contributed by atoms with Gasteiger partial charge in [-0.3, -0.25) is 0 Å². The zero-order valence-corrected chi connectivity index (χ0v) is 12.3. The minimum absolute atomic E-state index is 0.0411. The van der Waals surface area contributed by atoms with E-state index in [2.05, 4.69) is 10.6 Å². The van der Waals surface area contributed by atoms with Gasteiger partial charge in [0.25, 0.3) is 0 Å². The molecule has 5 nitrogen and oxygen atoms in total. The van der Waals surface area contributed by atoms with Gasteiger partial charge >= 0.3 is 12.0 Å². The van der Waals surface area contributed by atoms with Crippen molar-refractivity contribution in [2.45, 2.75) is 25.3 Å². The third-order valence-electron chi connectivity index (χ3n) is 3.39. The maximum atomic E-state index is 11.9. The molecule has 1 atom stereocenters. The number of amides is 2. The summed E-state index contributed by atoms with van der Waals surface area (Å²) in [7, 11) is 0. The van der Waals surface area contributed by atoms with Crippen LogP contribution < -0.4 is 10.6 Å². The number of carboxylic acid groups (broad SMARTS) is 1. The number of hydrogen-bond donors (Lipinski definition) is 3. The summed E-state index contributed by atoms with van der Waals surface area (Å²) in [5.74, 6) is -1.09. The van der Waals surface area contributed by atoms with Crippen LogP contribution in [0.3, 0.4) is 0 Å². The van der Waals surface area contributed by atoms with Gasteiger partial charge in [0.2, 0.25) is 0 Å². The molecular formula is C13H14Cl2N2O3. The molecule has 3 N–H and O–H groups in total. The number of urea groups is 1. The second-order valence-electron chi connectivity index (χ2n) is 4.99. The van der Waals surface area contributed by atoms with E-state index in [1.807, 2.05) is 0 Å². The summed E-state index contributed by atoms with van der Waals surface area (Å²) in [6.07, 6.45) is 1.59. The van der Waals surface area contributed by atoms with Gasteiger partial charge in [0.15, 0.2) is 0 Å². The molecule has 20 heavy (non-hydrogen) atoms. The molecule has 0 bridgehead atoms. The van der Waals surface area contributed by atoms with Gasteiger partial charge in [-0.2, -0.15) is 0 Å². The largest absolute Gasteiger partial charge is 0.480 e. The standard InChI is InChI=1S/C13H14Cl2N2O3/c1-13(11(18)19,7-2-3-7)17-12(20)16-10-6-8(14)4-5-9(10)15/h4-7H,2-3H2,1H3,(H,18,19)(H2,16,17,20)/t13-/m0/s1. The van der Waals surface area contributed by atoms with Crippen LogP contribution in [0.2, 0.25) is 10.0 Å². The molecule has 1 aromatic carbocycles. The molecule has 2 rings (SSSR count). The van der Waals surface area contributed by atoms with Crippen LogP contribution in [0.1, 0.15) is 19.8 Å². The lowest BCUT2D eigenvalue weighted by molar-refractivity contribution is -0.144. The fraction of sp³-hybridized carbons (Fsp3) is 0.385. The van der Waals surface area contributed by atoms with E-state index in [4.69, 9.17) is 23.2 Å². The van der Waals surface area contributed by atoms with Gasteiger partial charge in [-0.1, -0.05) is 23.2 Å². The Morgan fingerprint density at radius 2 is 2.00 bits per heavy atom. The van der Waals surface area contributed by atoms with Crippen molar-refractivity contribution in [3.63, 3.8) is 0 Å². The summed E-state index contributed by atoms with van der Waals surface area (Å²) in [5.41, 5.74) is -0.935. The minimum Gasteiger partial charge on any atom is -0.480 e. The topological polar surface area (TPSA) is 78.4 Å². The molecule has 108 valence electrons. The normalized spacial score (nSPS) is 17.1. The van der Waals surface area contributed by atoms with E-state index in [1.165, 1.54) is 13.0 Å². The van der Waals surface area contributed by atoms with Gasteiger partial charge in [0.1, 0.15) is 5.54 Å². The Hall–Kier alpha value is -1.46. The van der Waals surface area contributed by atoms with Crippen LogP contribution in [0.25, 0.3) is 0 Å². The van der Waals surface area contributed by atoms with Gasteiger partial charge in [-0.25, -0.2) is 9.59 Å². The predicted octanol–water partition coefficient (Wildman–Crippen LogP) is 3.37. The average molecular weight is 317 g/mol. The van der Waals surface area contributed by atoms with Crippen LogP contribution in [0.5, 0.6) is 0 Å². The maximum absolute atomic E-state index is 11.9. The molecule has 1 saturated carbocycles. The number of nitrogens with one attached hydrogen (secondary N) is 2. The highest BCUT2D eigenvalue weighted by atomic mass is 35.5. The molecule has 0 unspecified atom stereocenters. The monoisotopic (exact) mass is 316 g/mol. The zero-order chi connectivity index (χ0) is 14.9. The fourth-order valence-corrected chi connectivity index (χ4v) is 2.31. The SMILES string of the molecule is C[C@@](NC(=O)Nc1cc(Cl)ccc1Cl)(C(=O)O)C1CC1. The van der Waals surface area contributed by atoms with E-state index in [-0.39, 0.29) is 5.92 Å². The Morgan fingerprint density at radius 3 is 2.55 bits per heavy atom. The van der Waals surface area contributed by atoms with E-state index in [9.17, 15) is 14.7 Å². The first-order valence-electron chi connectivity index (χ1n) is 6.10. The maximum Gasteiger partial charge on any atom is 0.329 e. The molecule has 1 fully saturated rings. The zero-order valence-electron chi connectivity index (χ0n) is 10.7. The number of halogens is 2. The average Bonchev–Trinajstić information content (AvgIpc) is 3.17. The summed E-state index contributed by atoms with van der Waals surface area (Å²) in [6.45, 7) is 1.51. The number of aliphatic carboxylic acids is 1. The van der Waals surface area contributed by atoms with E-state index in [0.717, 1.165) is 12.8 Å². The molecule has 1 aliphatic carbocycles. The number of hydrogen-bond acceptors (Lipinski definition) is 2. The van der Waals surface area contributed by atoms with E-state index in [0.29, 0.717) is 15.7 Å². The van der Waals surface area contributed by atoms with Crippen molar-refractivity contribution in [2.75, 3.05) is 5.32 Å². The van der Waals surface area contributed by atoms with Crippen LogP contribution in [-0.2, 0) is 4.79 Å². The number of rotatable bonds is 4. The Balaban J connectivity index is 2.08.